The third-order valence-corrected chi connectivity index (χ3v) is 6.37. The fraction of sp³-hybridized carbons (Fsp3) is 0.444. The standard InChI is InChI=1S/C27H35N3O3/c1-5-28-27(31)25-24(21-10-7-20(8-11-21)17-30-12-14-32-15-13-30)26(33-29-25)23-16-22(18(2)3)9-6-19(23)4/h6-11,16,18,25,29H,5,12-15,17H2,1-4H3,(H,28,31). The van der Waals surface area contributed by atoms with Crippen LogP contribution in [0.3, 0.4) is 0 Å². The van der Waals surface area contributed by atoms with Gasteiger partial charge >= 0.3 is 0 Å². The average Bonchev–Trinajstić information content (AvgIpc) is 3.25. The molecule has 2 aliphatic rings. The zero-order valence-electron chi connectivity index (χ0n) is 20.1. The monoisotopic (exact) mass is 449 g/mol. The minimum absolute atomic E-state index is 0.0856. The summed E-state index contributed by atoms with van der Waals surface area (Å²) in [5, 5.41) is 2.93. The van der Waals surface area contributed by atoms with Crippen LogP contribution in [0, 0.1) is 6.92 Å². The number of aryl methyl sites for hydroxylation is 1. The first-order valence-corrected chi connectivity index (χ1v) is 11.9. The van der Waals surface area contributed by atoms with Crippen LogP contribution in [0.5, 0.6) is 0 Å². The predicted molar refractivity (Wildman–Crippen MR) is 131 cm³/mol. The van der Waals surface area contributed by atoms with Crippen LogP contribution in [-0.4, -0.2) is 49.7 Å². The molecule has 0 aromatic heterocycles. The van der Waals surface area contributed by atoms with Crippen LogP contribution in [-0.2, 0) is 20.9 Å². The van der Waals surface area contributed by atoms with Gasteiger partial charge in [0, 0.05) is 37.3 Å². The van der Waals surface area contributed by atoms with Crippen molar-refractivity contribution in [3.05, 3.63) is 70.3 Å². The number of morpholine rings is 1. The van der Waals surface area contributed by atoms with E-state index in [0.717, 1.165) is 60.9 Å². The second kappa shape index (κ2) is 10.5. The maximum Gasteiger partial charge on any atom is 0.245 e. The van der Waals surface area contributed by atoms with Gasteiger partial charge in [-0.2, -0.15) is 0 Å². The lowest BCUT2D eigenvalue weighted by molar-refractivity contribution is -0.123. The van der Waals surface area contributed by atoms with Crippen LogP contribution in [0.2, 0.25) is 0 Å². The van der Waals surface area contributed by atoms with Gasteiger partial charge in [0.25, 0.3) is 0 Å². The normalized spacial score (nSPS) is 19.1. The van der Waals surface area contributed by atoms with E-state index < -0.39 is 6.04 Å². The van der Waals surface area contributed by atoms with Crippen molar-refractivity contribution >= 4 is 17.2 Å². The number of nitrogens with zero attached hydrogens (tertiary/aromatic N) is 1. The van der Waals surface area contributed by atoms with Gasteiger partial charge < -0.3 is 14.9 Å². The Kier molecular flexibility index (Phi) is 7.48. The Morgan fingerprint density at radius 3 is 2.55 bits per heavy atom. The highest BCUT2D eigenvalue weighted by atomic mass is 16.7. The van der Waals surface area contributed by atoms with Gasteiger partial charge in [-0.25, -0.2) is 0 Å². The van der Waals surface area contributed by atoms with Gasteiger partial charge in [-0.3, -0.25) is 9.69 Å². The SMILES string of the molecule is CCNC(=O)C1NOC(c2cc(C(C)C)ccc2C)=C1c1ccc(CN2CCOCC2)cc1. The van der Waals surface area contributed by atoms with Gasteiger partial charge in [0.1, 0.15) is 0 Å². The summed E-state index contributed by atoms with van der Waals surface area (Å²) in [6.45, 7) is 13.3. The maximum absolute atomic E-state index is 12.9. The number of nitrogens with one attached hydrogen (secondary N) is 2. The Hall–Kier alpha value is -2.67. The van der Waals surface area contributed by atoms with E-state index in [1.54, 1.807) is 0 Å². The molecule has 33 heavy (non-hydrogen) atoms. The van der Waals surface area contributed by atoms with E-state index in [9.17, 15) is 4.79 Å². The first kappa shape index (κ1) is 23.5. The largest absolute Gasteiger partial charge is 0.407 e. The van der Waals surface area contributed by atoms with Crippen molar-refractivity contribution in [3.8, 4) is 0 Å². The number of carbonyl (C=O) groups excluding carboxylic acids is 1. The topological polar surface area (TPSA) is 62.8 Å². The average molecular weight is 450 g/mol. The summed E-state index contributed by atoms with van der Waals surface area (Å²) in [4.78, 5) is 21.3. The maximum atomic E-state index is 12.9. The molecule has 176 valence electrons. The Morgan fingerprint density at radius 1 is 1.15 bits per heavy atom. The number of hydroxylamine groups is 1. The lowest BCUT2D eigenvalue weighted by Gasteiger charge is -2.26. The molecule has 1 fully saturated rings. The van der Waals surface area contributed by atoms with Crippen molar-refractivity contribution in [1.82, 2.24) is 15.7 Å². The number of hydrogen-bond donors (Lipinski definition) is 2. The van der Waals surface area contributed by atoms with Crippen molar-refractivity contribution in [1.29, 1.82) is 0 Å². The molecule has 2 aromatic carbocycles. The van der Waals surface area contributed by atoms with Gasteiger partial charge in [-0.15, -0.1) is 5.48 Å². The van der Waals surface area contributed by atoms with E-state index >= 15 is 0 Å². The van der Waals surface area contributed by atoms with Crippen LogP contribution >= 0.6 is 0 Å². The lowest BCUT2D eigenvalue weighted by atomic mass is 9.91. The molecule has 0 saturated carbocycles. The first-order chi connectivity index (χ1) is 16.0. The van der Waals surface area contributed by atoms with E-state index in [-0.39, 0.29) is 5.91 Å². The van der Waals surface area contributed by atoms with Crippen LogP contribution in [0.25, 0.3) is 11.3 Å². The molecule has 6 nitrogen and oxygen atoms in total. The van der Waals surface area contributed by atoms with Gasteiger partial charge in [0.15, 0.2) is 11.8 Å². The molecule has 2 N–H and O–H groups in total. The van der Waals surface area contributed by atoms with E-state index in [1.165, 1.54) is 11.1 Å². The summed E-state index contributed by atoms with van der Waals surface area (Å²) >= 11 is 0. The molecular formula is C27H35N3O3. The fourth-order valence-corrected chi connectivity index (χ4v) is 4.37. The molecule has 2 aromatic rings. The van der Waals surface area contributed by atoms with Crippen molar-refractivity contribution < 1.29 is 14.4 Å². The molecule has 1 amide bonds. The summed E-state index contributed by atoms with van der Waals surface area (Å²) in [6.07, 6.45) is 0. The molecule has 6 heteroatoms. The summed E-state index contributed by atoms with van der Waals surface area (Å²) in [7, 11) is 0. The number of likely N-dealkylation sites (N-methyl/N-ethyl adjacent to an activating group) is 1. The number of carbonyl (C=O) groups is 1. The third-order valence-electron chi connectivity index (χ3n) is 6.37. The Morgan fingerprint density at radius 2 is 1.88 bits per heavy atom. The van der Waals surface area contributed by atoms with Crippen molar-refractivity contribution in [3.63, 3.8) is 0 Å². The quantitative estimate of drug-likeness (QED) is 0.672. The summed E-state index contributed by atoms with van der Waals surface area (Å²) < 4.78 is 5.46. The highest BCUT2D eigenvalue weighted by Crippen LogP contribution is 2.37. The predicted octanol–water partition coefficient (Wildman–Crippen LogP) is 3.86. The lowest BCUT2D eigenvalue weighted by Crippen LogP contribution is -2.41. The van der Waals surface area contributed by atoms with Crippen molar-refractivity contribution in [2.24, 2.45) is 0 Å². The molecule has 1 atom stereocenters. The molecule has 2 aliphatic heterocycles. The van der Waals surface area contributed by atoms with E-state index in [4.69, 9.17) is 9.57 Å². The first-order valence-electron chi connectivity index (χ1n) is 11.9. The van der Waals surface area contributed by atoms with Crippen molar-refractivity contribution in [2.75, 3.05) is 32.8 Å². The molecule has 1 unspecified atom stereocenters. The molecule has 4 rings (SSSR count). The Labute approximate surface area is 196 Å². The van der Waals surface area contributed by atoms with Crippen LogP contribution in [0.15, 0.2) is 42.5 Å². The fourth-order valence-electron chi connectivity index (χ4n) is 4.37. The van der Waals surface area contributed by atoms with Crippen molar-refractivity contribution in [2.45, 2.75) is 46.2 Å². The van der Waals surface area contributed by atoms with E-state index in [0.29, 0.717) is 12.5 Å². The van der Waals surface area contributed by atoms with Crippen LogP contribution in [0.4, 0.5) is 0 Å². The van der Waals surface area contributed by atoms with Gasteiger partial charge in [-0.1, -0.05) is 50.2 Å². The summed E-state index contributed by atoms with van der Waals surface area (Å²) in [6, 6.07) is 14.4. The Bertz CT molecular complexity index is 1010. The van der Waals surface area contributed by atoms with E-state index in [1.807, 2.05) is 6.92 Å². The second-order valence-corrected chi connectivity index (χ2v) is 9.10. The molecule has 0 aliphatic carbocycles. The smallest absolute Gasteiger partial charge is 0.245 e. The van der Waals surface area contributed by atoms with Gasteiger partial charge in [0.05, 0.1) is 13.2 Å². The molecule has 0 spiro atoms. The molecule has 0 bridgehead atoms. The number of rotatable bonds is 7. The molecule has 0 radical (unpaired) electrons. The molecular weight excluding hydrogens is 414 g/mol. The number of ether oxygens (including phenoxy) is 1. The minimum Gasteiger partial charge on any atom is -0.407 e. The van der Waals surface area contributed by atoms with Gasteiger partial charge in [0.2, 0.25) is 5.91 Å². The summed E-state index contributed by atoms with van der Waals surface area (Å²) in [5.41, 5.74) is 9.49. The van der Waals surface area contributed by atoms with Crippen LogP contribution < -0.4 is 10.8 Å². The van der Waals surface area contributed by atoms with E-state index in [2.05, 4.69) is 78.9 Å². The number of amides is 1. The zero-order valence-corrected chi connectivity index (χ0v) is 20.1. The van der Waals surface area contributed by atoms with Gasteiger partial charge in [-0.05, 0) is 48.1 Å². The summed E-state index contributed by atoms with van der Waals surface area (Å²) in [5.74, 6) is 1.05. The molecule has 2 heterocycles. The zero-order chi connectivity index (χ0) is 23.4. The highest BCUT2D eigenvalue weighted by molar-refractivity contribution is 6.04. The Balaban J connectivity index is 1.71. The number of hydrogen-bond acceptors (Lipinski definition) is 5. The third kappa shape index (κ3) is 5.29. The molecule has 1 saturated heterocycles. The van der Waals surface area contributed by atoms with Crippen LogP contribution in [0.1, 0.15) is 54.5 Å². The minimum atomic E-state index is -0.563. The second-order valence-electron chi connectivity index (χ2n) is 9.10. The number of benzene rings is 2. The highest BCUT2D eigenvalue weighted by Gasteiger charge is 2.35.